The van der Waals surface area contributed by atoms with E-state index in [1.165, 1.54) is 0 Å². The zero-order valence-corrected chi connectivity index (χ0v) is 12.5. The highest BCUT2D eigenvalue weighted by Gasteiger charge is 2.16. The maximum Gasteiger partial charge on any atom is 0.227 e. The largest absolute Gasteiger partial charge is 0.378 e. The first-order valence-electron chi connectivity index (χ1n) is 7.10. The van der Waals surface area contributed by atoms with Crippen LogP contribution in [-0.4, -0.2) is 46.5 Å². The molecule has 1 N–H and O–H groups in total. The molecule has 22 heavy (non-hydrogen) atoms. The molecule has 0 spiro atoms. The topological polar surface area (TPSA) is 66.9 Å². The van der Waals surface area contributed by atoms with Gasteiger partial charge in [-0.25, -0.2) is 9.97 Å². The quantitative estimate of drug-likeness (QED) is 0.736. The molecule has 0 unspecified atom stereocenters. The molecule has 0 atom stereocenters. The van der Waals surface area contributed by atoms with E-state index in [1.807, 2.05) is 18.2 Å². The van der Waals surface area contributed by atoms with E-state index >= 15 is 0 Å². The van der Waals surface area contributed by atoms with Crippen molar-refractivity contribution >= 4 is 28.5 Å². The van der Waals surface area contributed by atoms with E-state index in [-0.39, 0.29) is 0 Å². The Morgan fingerprint density at radius 1 is 1.14 bits per heavy atom. The molecule has 0 radical (unpaired) electrons. The lowest BCUT2D eigenvalue weighted by atomic mass is 10.1. The van der Waals surface area contributed by atoms with E-state index in [4.69, 9.17) is 16.3 Å². The Morgan fingerprint density at radius 2 is 2.00 bits per heavy atom. The number of rotatable bonds is 2. The van der Waals surface area contributed by atoms with Crippen molar-refractivity contribution < 1.29 is 4.74 Å². The summed E-state index contributed by atoms with van der Waals surface area (Å²) in [5, 5.41) is 8.52. The van der Waals surface area contributed by atoms with Crippen molar-refractivity contribution in [3.63, 3.8) is 0 Å². The third-order valence-corrected chi connectivity index (χ3v) is 3.91. The van der Waals surface area contributed by atoms with Crippen molar-refractivity contribution in [2.45, 2.75) is 0 Å². The van der Waals surface area contributed by atoms with Gasteiger partial charge in [0.15, 0.2) is 0 Å². The number of nitrogens with zero attached hydrogens (tertiary/aromatic N) is 4. The van der Waals surface area contributed by atoms with Gasteiger partial charge >= 0.3 is 0 Å². The average Bonchev–Trinajstić information content (AvgIpc) is 3.02. The first kappa shape index (κ1) is 13.5. The molecule has 1 aliphatic rings. The minimum absolute atomic E-state index is 0.441. The fourth-order valence-corrected chi connectivity index (χ4v) is 2.73. The summed E-state index contributed by atoms with van der Waals surface area (Å²) in [6.45, 7) is 2.93. The summed E-state index contributed by atoms with van der Waals surface area (Å²) in [7, 11) is 0. The smallest absolute Gasteiger partial charge is 0.227 e. The van der Waals surface area contributed by atoms with E-state index in [9.17, 15) is 0 Å². The van der Waals surface area contributed by atoms with Crippen molar-refractivity contribution in [2.75, 3.05) is 31.2 Å². The molecular formula is C15H14ClN5O. The first-order chi connectivity index (χ1) is 10.8. The summed E-state index contributed by atoms with van der Waals surface area (Å²) < 4.78 is 5.36. The number of morpholine rings is 1. The van der Waals surface area contributed by atoms with Crippen molar-refractivity contribution in [2.24, 2.45) is 0 Å². The van der Waals surface area contributed by atoms with Gasteiger partial charge in [0.2, 0.25) is 5.95 Å². The third-order valence-electron chi connectivity index (χ3n) is 3.71. The van der Waals surface area contributed by atoms with Gasteiger partial charge in [0, 0.05) is 30.1 Å². The van der Waals surface area contributed by atoms with Crippen LogP contribution in [0.3, 0.4) is 0 Å². The zero-order chi connectivity index (χ0) is 14.9. The van der Waals surface area contributed by atoms with Crippen LogP contribution >= 0.6 is 11.6 Å². The number of H-pyrrole nitrogens is 1. The lowest BCUT2D eigenvalue weighted by Crippen LogP contribution is -2.37. The van der Waals surface area contributed by atoms with Gasteiger partial charge in [-0.15, -0.1) is 0 Å². The number of ether oxygens (including phenoxy) is 1. The summed E-state index contributed by atoms with van der Waals surface area (Å²) in [6, 6.07) is 7.82. The highest BCUT2D eigenvalue weighted by molar-refractivity contribution is 6.29. The fourth-order valence-electron chi connectivity index (χ4n) is 2.55. The maximum absolute atomic E-state index is 6.19. The summed E-state index contributed by atoms with van der Waals surface area (Å²) in [5.74, 6) is 0.649. The number of anilines is 1. The van der Waals surface area contributed by atoms with Crippen LogP contribution in [0.5, 0.6) is 0 Å². The molecule has 112 valence electrons. The zero-order valence-electron chi connectivity index (χ0n) is 11.8. The van der Waals surface area contributed by atoms with Crippen LogP contribution in [0.1, 0.15) is 0 Å². The SMILES string of the molecule is Clc1cc(-c2ccc3cn[nH]c3c2)nc(N2CCOCC2)n1. The van der Waals surface area contributed by atoms with Gasteiger partial charge in [0.25, 0.3) is 0 Å². The summed E-state index contributed by atoms with van der Waals surface area (Å²) >= 11 is 6.19. The van der Waals surface area contributed by atoms with Crippen LogP contribution in [0.25, 0.3) is 22.2 Å². The molecule has 6 nitrogen and oxygen atoms in total. The Balaban J connectivity index is 1.75. The molecule has 0 amide bonds. The van der Waals surface area contributed by atoms with Gasteiger partial charge in [-0.3, -0.25) is 5.10 Å². The van der Waals surface area contributed by atoms with Crippen LogP contribution < -0.4 is 4.90 Å². The van der Waals surface area contributed by atoms with Crippen LogP contribution in [0.4, 0.5) is 5.95 Å². The first-order valence-corrected chi connectivity index (χ1v) is 7.48. The molecule has 2 aromatic heterocycles. The molecule has 3 aromatic rings. The maximum atomic E-state index is 6.19. The van der Waals surface area contributed by atoms with Gasteiger partial charge in [0.1, 0.15) is 5.15 Å². The predicted molar refractivity (Wildman–Crippen MR) is 85.2 cm³/mol. The lowest BCUT2D eigenvalue weighted by molar-refractivity contribution is 0.122. The number of hydrogen-bond donors (Lipinski definition) is 1. The van der Waals surface area contributed by atoms with Crippen LogP contribution in [-0.2, 0) is 4.74 Å². The van der Waals surface area contributed by atoms with Crippen LogP contribution in [0.15, 0.2) is 30.5 Å². The monoisotopic (exact) mass is 315 g/mol. The molecule has 1 aromatic carbocycles. The fraction of sp³-hybridized carbons (Fsp3) is 0.267. The van der Waals surface area contributed by atoms with Gasteiger partial charge in [-0.1, -0.05) is 23.7 Å². The number of nitrogens with one attached hydrogen (secondary N) is 1. The predicted octanol–water partition coefficient (Wildman–Crippen LogP) is 2.51. The number of hydrogen-bond acceptors (Lipinski definition) is 5. The van der Waals surface area contributed by atoms with Crippen molar-refractivity contribution in [1.29, 1.82) is 0 Å². The van der Waals surface area contributed by atoms with E-state index in [2.05, 4.69) is 25.1 Å². The number of aromatic amines is 1. The number of fused-ring (bicyclic) bond motifs is 1. The minimum Gasteiger partial charge on any atom is -0.378 e. The second kappa shape index (κ2) is 5.55. The van der Waals surface area contributed by atoms with Crippen molar-refractivity contribution in [1.82, 2.24) is 20.2 Å². The standard InChI is InChI=1S/C15H14ClN5O/c16-14-8-12(10-1-2-11-9-17-20-13(11)7-10)18-15(19-14)21-3-5-22-6-4-21/h1-2,7-9H,3-6H2,(H,17,20). The summed E-state index contributed by atoms with van der Waals surface area (Å²) in [6.07, 6.45) is 1.80. The average molecular weight is 316 g/mol. The molecule has 1 fully saturated rings. The van der Waals surface area contributed by atoms with E-state index in [0.29, 0.717) is 24.3 Å². The van der Waals surface area contributed by atoms with Gasteiger partial charge in [0.05, 0.1) is 30.6 Å². The highest BCUT2D eigenvalue weighted by atomic mass is 35.5. The molecule has 1 aliphatic heterocycles. The normalized spacial score (nSPS) is 15.4. The highest BCUT2D eigenvalue weighted by Crippen LogP contribution is 2.25. The minimum atomic E-state index is 0.441. The molecule has 1 saturated heterocycles. The molecule has 7 heteroatoms. The lowest BCUT2D eigenvalue weighted by Gasteiger charge is -2.27. The molecule has 0 bridgehead atoms. The second-order valence-corrected chi connectivity index (χ2v) is 5.53. The molecule has 4 rings (SSSR count). The Hall–Kier alpha value is -2.18. The molecule has 0 saturated carbocycles. The Labute approximate surface area is 132 Å². The number of benzene rings is 1. The third kappa shape index (κ3) is 2.51. The molecule has 0 aliphatic carbocycles. The molecule has 3 heterocycles. The Kier molecular flexibility index (Phi) is 3.40. The Morgan fingerprint density at radius 3 is 2.86 bits per heavy atom. The van der Waals surface area contributed by atoms with Gasteiger partial charge < -0.3 is 9.64 Å². The van der Waals surface area contributed by atoms with Crippen molar-refractivity contribution in [3.8, 4) is 11.3 Å². The Bertz CT molecular complexity index is 813. The van der Waals surface area contributed by atoms with E-state index < -0.39 is 0 Å². The number of aromatic nitrogens is 4. The molecular weight excluding hydrogens is 302 g/mol. The van der Waals surface area contributed by atoms with Gasteiger partial charge in [-0.2, -0.15) is 5.10 Å². The van der Waals surface area contributed by atoms with E-state index in [1.54, 1.807) is 12.3 Å². The summed E-state index contributed by atoms with van der Waals surface area (Å²) in [4.78, 5) is 11.1. The second-order valence-electron chi connectivity index (χ2n) is 5.15. The van der Waals surface area contributed by atoms with E-state index in [0.717, 1.165) is 35.2 Å². The van der Waals surface area contributed by atoms with Crippen molar-refractivity contribution in [3.05, 3.63) is 35.6 Å². The summed E-state index contributed by atoms with van der Waals surface area (Å²) in [5.41, 5.74) is 2.76. The van der Waals surface area contributed by atoms with Crippen LogP contribution in [0.2, 0.25) is 5.15 Å². The van der Waals surface area contributed by atoms with Gasteiger partial charge in [-0.05, 0) is 6.07 Å². The van der Waals surface area contributed by atoms with Crippen LogP contribution in [0, 0.1) is 0 Å². The number of halogens is 1.